The molecule has 1 unspecified atom stereocenters. The van der Waals surface area contributed by atoms with Gasteiger partial charge in [0.05, 0.1) is 0 Å². The number of aryl methyl sites for hydroxylation is 2. The van der Waals surface area contributed by atoms with Gasteiger partial charge >= 0.3 is 0 Å². The lowest BCUT2D eigenvalue weighted by Crippen LogP contribution is -2.17. The third-order valence-corrected chi connectivity index (χ3v) is 6.70. The van der Waals surface area contributed by atoms with Crippen LogP contribution in [0.3, 0.4) is 0 Å². The number of nitrogens with one attached hydrogen (secondary N) is 1. The van der Waals surface area contributed by atoms with Crippen LogP contribution in [0, 0.1) is 6.92 Å². The Morgan fingerprint density at radius 1 is 1.17 bits per heavy atom. The average Bonchev–Trinajstić information content (AvgIpc) is 3.22. The van der Waals surface area contributed by atoms with Crippen molar-refractivity contribution in [2.75, 3.05) is 7.05 Å². The highest BCUT2D eigenvalue weighted by atomic mass is 16.1. The van der Waals surface area contributed by atoms with Crippen molar-refractivity contribution in [1.29, 1.82) is 0 Å². The minimum absolute atomic E-state index is 0.0533. The highest BCUT2D eigenvalue weighted by molar-refractivity contribution is 6.18. The molecule has 1 aliphatic heterocycles. The van der Waals surface area contributed by atoms with Crippen LogP contribution >= 0.6 is 0 Å². The fraction of sp³-hybridized carbons (Fsp3) is 0.435. The number of rotatable bonds is 2. The number of carbonyl (C=O) groups excluding carboxylic acids is 2. The molecule has 0 spiro atoms. The van der Waals surface area contributed by atoms with Crippen LogP contribution in [0.4, 0.5) is 0 Å². The second kappa shape index (κ2) is 7.00. The van der Waals surface area contributed by atoms with Crippen molar-refractivity contribution in [3.63, 3.8) is 0 Å². The Balaban J connectivity index is 1.77. The van der Waals surface area contributed by atoms with E-state index < -0.39 is 0 Å². The number of aromatic nitrogens is 4. The minimum atomic E-state index is -0.135. The molecular formula is C23H25N5O2. The molecule has 2 heterocycles. The fourth-order valence-corrected chi connectivity index (χ4v) is 5.30. The van der Waals surface area contributed by atoms with Gasteiger partial charge in [-0.3, -0.25) is 9.59 Å². The normalized spacial score (nSPS) is 22.1. The first-order chi connectivity index (χ1) is 14.5. The standard InChI is InChI=1S/C23H25N5O2/c1-12-10-16-21(14-6-5-9-28-18(11-14)25-26-27-28)20(13(2)24-3)23(30)22(16)15-7-4-8-17(29)19(12)15/h10-11,21,24H,4-9H2,1-3H3. The fourth-order valence-electron chi connectivity index (χ4n) is 5.30. The Labute approximate surface area is 175 Å². The summed E-state index contributed by atoms with van der Waals surface area (Å²) in [5.41, 5.74) is 7.30. The van der Waals surface area contributed by atoms with Gasteiger partial charge in [-0.2, -0.15) is 0 Å². The van der Waals surface area contributed by atoms with E-state index in [1.54, 1.807) is 0 Å². The maximum absolute atomic E-state index is 13.7. The smallest absolute Gasteiger partial charge is 0.192 e. The van der Waals surface area contributed by atoms with Gasteiger partial charge < -0.3 is 5.32 Å². The van der Waals surface area contributed by atoms with Crippen molar-refractivity contribution in [3.05, 3.63) is 56.6 Å². The topological polar surface area (TPSA) is 89.8 Å². The van der Waals surface area contributed by atoms with E-state index in [4.69, 9.17) is 0 Å². The van der Waals surface area contributed by atoms with Crippen molar-refractivity contribution in [2.45, 2.75) is 58.4 Å². The van der Waals surface area contributed by atoms with Gasteiger partial charge in [0.2, 0.25) is 0 Å². The van der Waals surface area contributed by atoms with E-state index in [9.17, 15) is 9.59 Å². The quantitative estimate of drug-likeness (QED) is 0.775. The number of nitrogens with zero attached hydrogens (tertiary/aromatic N) is 4. The summed E-state index contributed by atoms with van der Waals surface area (Å²) in [6.45, 7) is 4.72. The minimum Gasteiger partial charge on any atom is -0.391 e. The molecule has 0 amide bonds. The van der Waals surface area contributed by atoms with E-state index in [-0.39, 0.29) is 17.5 Å². The molecule has 0 fully saturated rings. The molecule has 0 bridgehead atoms. The zero-order valence-electron chi connectivity index (χ0n) is 17.6. The van der Waals surface area contributed by atoms with Crippen LogP contribution in [-0.2, 0) is 13.0 Å². The van der Waals surface area contributed by atoms with Gasteiger partial charge in [0.1, 0.15) is 0 Å². The number of benzene rings is 1. The van der Waals surface area contributed by atoms with E-state index >= 15 is 0 Å². The number of carbonyl (C=O) groups is 2. The third kappa shape index (κ3) is 2.68. The van der Waals surface area contributed by atoms with E-state index in [0.717, 1.165) is 82.7 Å². The first kappa shape index (κ1) is 18.9. The number of tetrazole rings is 1. The molecule has 1 aromatic heterocycles. The molecule has 2 aliphatic carbocycles. The number of hydrogen-bond donors (Lipinski definition) is 1. The van der Waals surface area contributed by atoms with Crippen molar-refractivity contribution in [2.24, 2.45) is 0 Å². The SMILES string of the molecule is CNC(C)=C1C(=O)c2c(cc(C)c3c2CCCC3=O)C1C1=Cc2nnnn2CCC1. The second-order valence-corrected chi connectivity index (χ2v) is 8.42. The van der Waals surface area contributed by atoms with Gasteiger partial charge in [0, 0.05) is 48.3 Å². The van der Waals surface area contributed by atoms with Crippen molar-refractivity contribution in [1.82, 2.24) is 25.5 Å². The Morgan fingerprint density at radius 2 is 2.00 bits per heavy atom. The highest BCUT2D eigenvalue weighted by Crippen LogP contribution is 2.48. The molecule has 7 heteroatoms. The van der Waals surface area contributed by atoms with E-state index in [1.165, 1.54) is 0 Å². The van der Waals surface area contributed by atoms with Gasteiger partial charge in [0.25, 0.3) is 0 Å². The predicted octanol–water partition coefficient (Wildman–Crippen LogP) is 3.15. The summed E-state index contributed by atoms with van der Waals surface area (Å²) in [6.07, 6.45) is 5.98. The summed E-state index contributed by atoms with van der Waals surface area (Å²) < 4.78 is 1.82. The predicted molar refractivity (Wildman–Crippen MR) is 112 cm³/mol. The Bertz CT molecular complexity index is 1150. The lowest BCUT2D eigenvalue weighted by Gasteiger charge is -2.22. The maximum atomic E-state index is 13.7. The summed E-state index contributed by atoms with van der Waals surface area (Å²) in [5, 5.41) is 15.2. The average molecular weight is 403 g/mol. The molecule has 1 aromatic carbocycles. The largest absolute Gasteiger partial charge is 0.391 e. The molecule has 2 aromatic rings. The van der Waals surface area contributed by atoms with Gasteiger partial charge in [-0.1, -0.05) is 11.6 Å². The summed E-state index contributed by atoms with van der Waals surface area (Å²) in [4.78, 5) is 26.4. The molecule has 3 aliphatic rings. The maximum Gasteiger partial charge on any atom is 0.192 e. The monoisotopic (exact) mass is 403 g/mol. The number of hydrogen-bond acceptors (Lipinski definition) is 6. The summed E-state index contributed by atoms with van der Waals surface area (Å²) >= 11 is 0. The lowest BCUT2D eigenvalue weighted by atomic mass is 9.80. The number of Topliss-reactive ketones (excluding diaryl/α,β-unsaturated/α-hetero) is 2. The van der Waals surface area contributed by atoms with Gasteiger partial charge in [0.15, 0.2) is 17.4 Å². The second-order valence-electron chi connectivity index (χ2n) is 8.42. The van der Waals surface area contributed by atoms with E-state index in [0.29, 0.717) is 6.42 Å². The molecule has 1 N–H and O–H groups in total. The Hall–Kier alpha value is -3.09. The van der Waals surface area contributed by atoms with Crippen molar-refractivity contribution < 1.29 is 9.59 Å². The van der Waals surface area contributed by atoms with E-state index in [2.05, 4.69) is 26.9 Å². The Morgan fingerprint density at radius 3 is 2.80 bits per heavy atom. The molecule has 0 saturated heterocycles. The first-order valence-corrected chi connectivity index (χ1v) is 10.6. The number of ketones is 2. The van der Waals surface area contributed by atoms with Crippen LogP contribution < -0.4 is 5.32 Å². The van der Waals surface area contributed by atoms with Crippen molar-refractivity contribution in [3.8, 4) is 0 Å². The molecule has 0 radical (unpaired) electrons. The summed E-state index contributed by atoms with van der Waals surface area (Å²) in [7, 11) is 1.85. The zero-order valence-corrected chi connectivity index (χ0v) is 17.6. The number of allylic oxidation sites excluding steroid dienone is 3. The molecule has 0 saturated carbocycles. The van der Waals surface area contributed by atoms with Crippen LogP contribution in [0.5, 0.6) is 0 Å². The lowest BCUT2D eigenvalue weighted by molar-refractivity contribution is 0.0971. The van der Waals surface area contributed by atoms with Crippen LogP contribution in [0.2, 0.25) is 0 Å². The third-order valence-electron chi connectivity index (χ3n) is 6.70. The molecule has 30 heavy (non-hydrogen) atoms. The van der Waals surface area contributed by atoms with Crippen LogP contribution in [0.1, 0.15) is 81.8 Å². The first-order valence-electron chi connectivity index (χ1n) is 10.6. The van der Waals surface area contributed by atoms with Crippen LogP contribution in [0.15, 0.2) is 22.9 Å². The summed E-state index contributed by atoms with van der Waals surface area (Å²) in [6, 6.07) is 2.07. The molecule has 1 atom stereocenters. The molecular weight excluding hydrogens is 378 g/mol. The van der Waals surface area contributed by atoms with Gasteiger partial charge in [-0.05, 0) is 72.7 Å². The highest BCUT2D eigenvalue weighted by Gasteiger charge is 2.42. The Kier molecular flexibility index (Phi) is 4.41. The zero-order chi connectivity index (χ0) is 21.0. The van der Waals surface area contributed by atoms with Crippen LogP contribution in [-0.4, -0.2) is 38.8 Å². The van der Waals surface area contributed by atoms with Gasteiger partial charge in [-0.15, -0.1) is 5.10 Å². The van der Waals surface area contributed by atoms with Crippen molar-refractivity contribution >= 4 is 17.6 Å². The number of fused-ring (bicyclic) bond motifs is 4. The molecule has 154 valence electrons. The van der Waals surface area contributed by atoms with E-state index in [1.807, 2.05) is 31.7 Å². The van der Waals surface area contributed by atoms with Crippen LogP contribution in [0.25, 0.3) is 6.08 Å². The molecule has 7 nitrogen and oxygen atoms in total. The summed E-state index contributed by atoms with van der Waals surface area (Å²) in [5.74, 6) is 0.813. The molecule has 5 rings (SSSR count). The van der Waals surface area contributed by atoms with Gasteiger partial charge in [-0.25, -0.2) is 4.68 Å².